The molecule has 4 rings (SSSR count). The molecule has 0 amide bonds. The molecule has 0 radical (unpaired) electrons. The van der Waals surface area contributed by atoms with E-state index in [1.807, 2.05) is 34.0 Å². The third-order valence-electron chi connectivity index (χ3n) is 4.14. The van der Waals surface area contributed by atoms with Crippen LogP contribution >= 0.6 is 41.5 Å². The van der Waals surface area contributed by atoms with Crippen molar-refractivity contribution in [1.29, 1.82) is 0 Å². The fourth-order valence-corrected chi connectivity index (χ4v) is 8.42. The fourth-order valence-electron chi connectivity index (χ4n) is 2.88. The molecule has 4 aromatic heterocycles. The molecule has 1 unspecified atom stereocenters. The largest absolute Gasteiger partial charge is 0.143 e. The van der Waals surface area contributed by atoms with Gasteiger partial charge >= 0.3 is 0 Å². The summed E-state index contributed by atoms with van der Waals surface area (Å²) in [5.41, 5.74) is 2.94. The Labute approximate surface area is 150 Å². The van der Waals surface area contributed by atoms with Gasteiger partial charge in [0.05, 0.1) is 0 Å². The molecule has 0 aliphatic heterocycles. The molecule has 0 saturated heterocycles. The number of thiophene rings is 3. The standard InChI is InChI=1S/C19H17PS3/c1-12-11-20(3)19(13(12)2)18-9-8-17(23-18)16-7-6-15(22-16)14-5-4-10-21-14/h4-11H,1-3H3. The van der Waals surface area contributed by atoms with Crippen LogP contribution < -0.4 is 0 Å². The third kappa shape index (κ3) is 2.77. The number of hydrogen-bond donors (Lipinski definition) is 0. The molecule has 0 aliphatic carbocycles. The summed E-state index contributed by atoms with van der Waals surface area (Å²) in [6.45, 7) is 6.87. The molecule has 4 heterocycles. The zero-order chi connectivity index (χ0) is 16.0. The van der Waals surface area contributed by atoms with Gasteiger partial charge in [0.15, 0.2) is 0 Å². The molecule has 0 saturated carbocycles. The van der Waals surface area contributed by atoms with Crippen LogP contribution in [0.4, 0.5) is 0 Å². The molecule has 0 aromatic carbocycles. The summed E-state index contributed by atoms with van der Waals surface area (Å²) in [5, 5.41) is 3.72. The van der Waals surface area contributed by atoms with E-state index in [-0.39, 0.29) is 7.53 Å². The molecule has 0 nitrogen and oxygen atoms in total. The third-order valence-corrected chi connectivity index (χ3v) is 9.80. The van der Waals surface area contributed by atoms with Gasteiger partial charge < -0.3 is 0 Å². The van der Waals surface area contributed by atoms with Crippen LogP contribution in [0.1, 0.15) is 11.1 Å². The quantitative estimate of drug-likeness (QED) is 0.341. The highest BCUT2D eigenvalue weighted by Gasteiger charge is 2.14. The first-order valence-corrected chi connectivity index (χ1v) is 11.9. The average Bonchev–Trinajstić information content (AvgIpc) is 3.27. The van der Waals surface area contributed by atoms with Crippen molar-refractivity contribution in [3.8, 4) is 29.7 Å². The maximum Gasteiger partial charge on any atom is 0.0449 e. The minimum absolute atomic E-state index is 0.130. The molecule has 0 aliphatic rings. The lowest BCUT2D eigenvalue weighted by molar-refractivity contribution is 1.41. The van der Waals surface area contributed by atoms with Crippen molar-refractivity contribution in [3.63, 3.8) is 0 Å². The van der Waals surface area contributed by atoms with E-state index < -0.39 is 0 Å². The number of hydrogen-bond acceptors (Lipinski definition) is 3. The second-order valence-corrected chi connectivity index (χ2v) is 10.7. The average molecular weight is 373 g/mol. The van der Waals surface area contributed by atoms with Gasteiger partial charge in [0.2, 0.25) is 0 Å². The highest BCUT2D eigenvalue weighted by molar-refractivity contribution is 7.51. The first kappa shape index (κ1) is 15.4. The van der Waals surface area contributed by atoms with Gasteiger partial charge in [0, 0.05) is 29.7 Å². The van der Waals surface area contributed by atoms with E-state index in [4.69, 9.17) is 0 Å². The van der Waals surface area contributed by atoms with Gasteiger partial charge in [-0.2, -0.15) is 0 Å². The maximum absolute atomic E-state index is 2.44. The molecule has 4 heteroatoms. The van der Waals surface area contributed by atoms with E-state index in [0.717, 1.165) is 0 Å². The molecule has 0 N–H and O–H groups in total. The van der Waals surface area contributed by atoms with Crippen molar-refractivity contribution in [2.24, 2.45) is 6.66 Å². The zero-order valence-corrected chi connectivity index (χ0v) is 16.6. The zero-order valence-electron chi connectivity index (χ0n) is 13.3. The molecule has 1 atom stereocenters. The van der Waals surface area contributed by atoms with Gasteiger partial charge in [-0.3, -0.25) is 0 Å². The van der Waals surface area contributed by atoms with E-state index in [2.05, 4.69) is 68.1 Å². The van der Waals surface area contributed by atoms with Crippen LogP contribution in [0.5, 0.6) is 0 Å². The fraction of sp³-hybridized carbons (Fsp3) is 0.158. The molecule has 4 aromatic rings. The van der Waals surface area contributed by atoms with Crippen LogP contribution in [-0.4, -0.2) is 0 Å². The van der Waals surface area contributed by atoms with Crippen molar-refractivity contribution in [2.75, 3.05) is 0 Å². The predicted octanol–water partition coefficient (Wildman–Crippen LogP) is 8.01. The Morgan fingerprint density at radius 3 is 1.96 bits per heavy atom. The summed E-state index contributed by atoms with van der Waals surface area (Å²) < 4.78 is 0. The van der Waals surface area contributed by atoms with E-state index in [1.165, 1.54) is 35.5 Å². The van der Waals surface area contributed by atoms with Gasteiger partial charge in [-0.15, -0.1) is 41.5 Å². The lowest BCUT2D eigenvalue weighted by atomic mass is 10.2. The Hall–Kier alpha value is -1.12. The van der Waals surface area contributed by atoms with Gasteiger partial charge in [0.1, 0.15) is 0 Å². The summed E-state index contributed by atoms with van der Waals surface area (Å²) in [5.74, 6) is 2.44. The van der Waals surface area contributed by atoms with Crippen molar-refractivity contribution >= 4 is 41.5 Å². The van der Waals surface area contributed by atoms with Crippen LogP contribution in [0.2, 0.25) is 0 Å². The van der Waals surface area contributed by atoms with Crippen molar-refractivity contribution in [1.82, 2.24) is 0 Å². The van der Waals surface area contributed by atoms with Gasteiger partial charge in [-0.1, -0.05) is 6.07 Å². The van der Waals surface area contributed by atoms with Gasteiger partial charge in [-0.25, -0.2) is 0 Å². The summed E-state index contributed by atoms with van der Waals surface area (Å²) >= 11 is 5.65. The first-order valence-electron chi connectivity index (χ1n) is 7.50. The Morgan fingerprint density at radius 1 is 0.783 bits per heavy atom. The van der Waals surface area contributed by atoms with Crippen molar-refractivity contribution in [3.05, 3.63) is 58.7 Å². The minimum atomic E-state index is -0.130. The lowest BCUT2D eigenvalue weighted by Gasteiger charge is -2.00. The Morgan fingerprint density at radius 2 is 1.39 bits per heavy atom. The molecule has 116 valence electrons. The van der Waals surface area contributed by atoms with Crippen molar-refractivity contribution < 1.29 is 0 Å². The highest BCUT2D eigenvalue weighted by atomic mass is 32.1. The Balaban J connectivity index is 1.71. The van der Waals surface area contributed by atoms with Crippen LogP contribution in [0.25, 0.3) is 29.7 Å². The molecular weight excluding hydrogens is 355 g/mol. The van der Waals surface area contributed by atoms with Crippen LogP contribution in [-0.2, 0) is 6.66 Å². The lowest BCUT2D eigenvalue weighted by Crippen LogP contribution is -1.73. The SMILES string of the molecule is Cc1cp(C)c(-c2ccc(-c3ccc(-c4cccs4)s3)s2)c1C. The second kappa shape index (κ2) is 6.07. The Bertz CT molecular complexity index is 951. The van der Waals surface area contributed by atoms with Gasteiger partial charge in [0.25, 0.3) is 0 Å². The van der Waals surface area contributed by atoms with E-state index >= 15 is 0 Å². The molecule has 0 fully saturated rings. The maximum atomic E-state index is 2.44. The van der Waals surface area contributed by atoms with Crippen LogP contribution in [0.3, 0.4) is 0 Å². The molecule has 0 bridgehead atoms. The normalized spacial score (nSPS) is 12.0. The summed E-state index contributed by atoms with van der Waals surface area (Å²) in [6, 6.07) is 13.4. The highest BCUT2D eigenvalue weighted by Crippen LogP contribution is 2.49. The van der Waals surface area contributed by atoms with E-state index in [0.29, 0.717) is 0 Å². The Kier molecular flexibility index (Phi) is 4.07. The summed E-state index contributed by atoms with van der Waals surface area (Å²) in [4.78, 5) is 6.96. The number of aryl methyl sites for hydroxylation is 2. The van der Waals surface area contributed by atoms with Crippen LogP contribution in [0, 0.1) is 13.8 Å². The topological polar surface area (TPSA) is 0 Å². The molecular formula is C19H17PS3. The second-order valence-electron chi connectivity index (χ2n) is 5.70. The van der Waals surface area contributed by atoms with Gasteiger partial charge in [-0.05, 0) is 73.1 Å². The predicted molar refractivity (Wildman–Crippen MR) is 110 cm³/mol. The summed E-state index contributed by atoms with van der Waals surface area (Å²) in [7, 11) is -0.130. The van der Waals surface area contributed by atoms with Crippen molar-refractivity contribution in [2.45, 2.75) is 13.8 Å². The smallest absolute Gasteiger partial charge is 0.0449 e. The van der Waals surface area contributed by atoms with E-state index in [9.17, 15) is 0 Å². The first-order chi connectivity index (χ1) is 11.1. The minimum Gasteiger partial charge on any atom is -0.143 e. The molecule has 0 spiro atoms. The number of rotatable bonds is 3. The van der Waals surface area contributed by atoms with Crippen LogP contribution in [0.15, 0.2) is 47.6 Å². The monoisotopic (exact) mass is 372 g/mol. The molecule has 23 heavy (non-hydrogen) atoms. The summed E-state index contributed by atoms with van der Waals surface area (Å²) in [6.07, 6.45) is 0. The van der Waals surface area contributed by atoms with E-state index in [1.54, 1.807) is 5.30 Å².